The maximum absolute atomic E-state index is 12.8. The third-order valence-electron chi connectivity index (χ3n) is 5.15. The fraction of sp³-hybridized carbons (Fsp3) is 0.588. The third kappa shape index (κ3) is 3.63. The van der Waals surface area contributed by atoms with Gasteiger partial charge < -0.3 is 14.4 Å². The van der Waals surface area contributed by atoms with Gasteiger partial charge in [0.1, 0.15) is 5.76 Å². The molecule has 2 aromatic heterocycles. The molecule has 1 amide bonds. The Hall–Kier alpha value is -2.20. The number of nitrogens with one attached hydrogen (secondary N) is 1. The SMILES string of the molecule is C[C@@H]1C[C@@H](NC(=O)c2cc(C3CC3)on2)CCN1S(=O)(=O)c1cn(C)cn1. The molecule has 1 saturated carbocycles. The number of aryl methyl sites for hydroxylation is 1. The molecule has 1 aliphatic heterocycles. The third-order valence-corrected chi connectivity index (χ3v) is 7.04. The highest BCUT2D eigenvalue weighted by atomic mass is 32.2. The van der Waals surface area contributed by atoms with Crippen LogP contribution >= 0.6 is 0 Å². The predicted molar refractivity (Wildman–Crippen MR) is 95.5 cm³/mol. The van der Waals surface area contributed by atoms with E-state index in [9.17, 15) is 13.2 Å². The average molecular weight is 393 g/mol. The molecule has 1 N–H and O–H groups in total. The fourth-order valence-electron chi connectivity index (χ4n) is 3.50. The van der Waals surface area contributed by atoms with Crippen LogP contribution in [0.1, 0.15) is 54.8 Å². The van der Waals surface area contributed by atoms with Crippen molar-refractivity contribution in [3.63, 3.8) is 0 Å². The number of nitrogens with zero attached hydrogens (tertiary/aromatic N) is 4. The molecule has 4 rings (SSSR count). The maximum Gasteiger partial charge on any atom is 0.273 e. The smallest absolute Gasteiger partial charge is 0.273 e. The van der Waals surface area contributed by atoms with Crippen molar-refractivity contribution in [3.8, 4) is 0 Å². The zero-order chi connectivity index (χ0) is 19.2. The summed E-state index contributed by atoms with van der Waals surface area (Å²) in [5.41, 5.74) is 0.285. The fourth-order valence-corrected chi connectivity index (χ4v) is 5.12. The number of carbonyl (C=O) groups excluding carboxylic acids is 1. The Balaban J connectivity index is 1.38. The molecular weight excluding hydrogens is 370 g/mol. The first-order valence-electron chi connectivity index (χ1n) is 9.12. The zero-order valence-corrected chi connectivity index (χ0v) is 16.1. The topological polar surface area (TPSA) is 110 Å². The Labute approximate surface area is 157 Å². The van der Waals surface area contributed by atoms with Gasteiger partial charge in [0, 0.05) is 43.9 Å². The van der Waals surface area contributed by atoms with E-state index in [2.05, 4.69) is 15.5 Å². The summed E-state index contributed by atoms with van der Waals surface area (Å²) in [6.45, 7) is 2.18. The summed E-state index contributed by atoms with van der Waals surface area (Å²) in [5, 5.41) is 6.86. The molecule has 0 unspecified atom stereocenters. The summed E-state index contributed by atoms with van der Waals surface area (Å²) < 4.78 is 33.8. The Morgan fingerprint density at radius 2 is 2.11 bits per heavy atom. The lowest BCUT2D eigenvalue weighted by Crippen LogP contribution is -2.50. The zero-order valence-electron chi connectivity index (χ0n) is 15.3. The van der Waals surface area contributed by atoms with Crippen molar-refractivity contribution >= 4 is 15.9 Å². The van der Waals surface area contributed by atoms with Crippen LogP contribution in [-0.4, -0.2) is 52.0 Å². The van der Waals surface area contributed by atoms with Crippen molar-refractivity contribution in [2.24, 2.45) is 7.05 Å². The van der Waals surface area contributed by atoms with Gasteiger partial charge in [0.15, 0.2) is 10.7 Å². The summed E-state index contributed by atoms with van der Waals surface area (Å²) in [6, 6.07) is 1.36. The number of hydrogen-bond donors (Lipinski definition) is 1. The van der Waals surface area contributed by atoms with Gasteiger partial charge in [-0.05, 0) is 32.6 Å². The summed E-state index contributed by atoms with van der Waals surface area (Å²) in [6.07, 6.45) is 6.20. The van der Waals surface area contributed by atoms with Crippen LogP contribution in [0.15, 0.2) is 28.1 Å². The quantitative estimate of drug-likeness (QED) is 0.819. The van der Waals surface area contributed by atoms with E-state index in [0.29, 0.717) is 25.3 Å². The van der Waals surface area contributed by atoms with Gasteiger partial charge >= 0.3 is 0 Å². The van der Waals surface area contributed by atoms with Crippen molar-refractivity contribution in [2.45, 2.75) is 55.6 Å². The number of piperidine rings is 1. The molecule has 2 atom stereocenters. The van der Waals surface area contributed by atoms with E-state index in [0.717, 1.165) is 18.6 Å². The van der Waals surface area contributed by atoms with Crippen LogP contribution in [0.4, 0.5) is 0 Å². The molecule has 10 heteroatoms. The molecule has 2 fully saturated rings. The van der Waals surface area contributed by atoms with Crippen molar-refractivity contribution in [3.05, 3.63) is 30.0 Å². The predicted octanol–water partition coefficient (Wildman–Crippen LogP) is 1.26. The van der Waals surface area contributed by atoms with Gasteiger partial charge in [-0.15, -0.1) is 0 Å². The van der Waals surface area contributed by atoms with Gasteiger partial charge in [-0.1, -0.05) is 5.16 Å². The van der Waals surface area contributed by atoms with Crippen LogP contribution in [-0.2, 0) is 17.1 Å². The summed E-state index contributed by atoms with van der Waals surface area (Å²) >= 11 is 0. The monoisotopic (exact) mass is 393 g/mol. The largest absolute Gasteiger partial charge is 0.360 e. The van der Waals surface area contributed by atoms with E-state index in [1.54, 1.807) is 17.7 Å². The van der Waals surface area contributed by atoms with Gasteiger partial charge in [0.2, 0.25) is 0 Å². The van der Waals surface area contributed by atoms with Crippen molar-refractivity contribution in [1.29, 1.82) is 0 Å². The first kappa shape index (κ1) is 18.2. The minimum Gasteiger partial charge on any atom is -0.360 e. The molecular formula is C17H23N5O4S. The van der Waals surface area contributed by atoms with Gasteiger partial charge in [-0.25, -0.2) is 13.4 Å². The van der Waals surface area contributed by atoms with E-state index < -0.39 is 10.0 Å². The van der Waals surface area contributed by atoms with E-state index in [-0.39, 0.29) is 28.7 Å². The second-order valence-electron chi connectivity index (χ2n) is 7.43. The molecule has 9 nitrogen and oxygen atoms in total. The molecule has 0 radical (unpaired) electrons. The molecule has 27 heavy (non-hydrogen) atoms. The normalized spacial score (nSPS) is 24.1. The van der Waals surface area contributed by atoms with E-state index in [1.165, 1.54) is 16.8 Å². The molecule has 0 spiro atoms. The maximum atomic E-state index is 12.8. The molecule has 146 valence electrons. The molecule has 2 aliphatic rings. The van der Waals surface area contributed by atoms with Crippen LogP contribution in [0.25, 0.3) is 0 Å². The Morgan fingerprint density at radius 3 is 2.74 bits per heavy atom. The highest BCUT2D eigenvalue weighted by molar-refractivity contribution is 7.89. The summed E-state index contributed by atoms with van der Waals surface area (Å²) in [5.74, 6) is 0.896. The number of rotatable bonds is 5. The van der Waals surface area contributed by atoms with Crippen LogP contribution in [0, 0.1) is 0 Å². The van der Waals surface area contributed by atoms with Gasteiger partial charge in [0.25, 0.3) is 15.9 Å². The molecule has 1 saturated heterocycles. The van der Waals surface area contributed by atoms with Crippen LogP contribution in [0.3, 0.4) is 0 Å². The number of hydrogen-bond acceptors (Lipinski definition) is 6. The lowest BCUT2D eigenvalue weighted by Gasteiger charge is -2.36. The van der Waals surface area contributed by atoms with Crippen molar-refractivity contribution in [1.82, 2.24) is 24.3 Å². The first-order valence-corrected chi connectivity index (χ1v) is 10.6. The van der Waals surface area contributed by atoms with Crippen LogP contribution in [0.2, 0.25) is 0 Å². The standard InChI is InChI=1S/C17H23N5O4S/c1-11-7-13(19-17(23)14-8-15(26-20-14)12-3-4-12)5-6-22(11)27(24,25)16-9-21(2)10-18-16/h8-13H,3-7H2,1-2H3,(H,19,23)/t11-,13+/m1/s1. The second-order valence-corrected chi connectivity index (χ2v) is 9.26. The summed E-state index contributed by atoms with van der Waals surface area (Å²) in [4.78, 5) is 16.4. The molecule has 3 heterocycles. The van der Waals surface area contributed by atoms with Crippen molar-refractivity contribution < 1.29 is 17.7 Å². The number of imidazole rings is 1. The van der Waals surface area contributed by atoms with Crippen LogP contribution < -0.4 is 5.32 Å². The van der Waals surface area contributed by atoms with E-state index >= 15 is 0 Å². The molecule has 2 aromatic rings. The number of sulfonamides is 1. The lowest BCUT2D eigenvalue weighted by atomic mass is 10.0. The minimum atomic E-state index is -3.63. The molecule has 1 aliphatic carbocycles. The first-order chi connectivity index (χ1) is 12.8. The second kappa shape index (κ2) is 6.75. The average Bonchev–Trinajstić information content (AvgIpc) is 3.16. The van der Waals surface area contributed by atoms with Gasteiger partial charge in [-0.3, -0.25) is 4.79 Å². The highest BCUT2D eigenvalue weighted by Crippen LogP contribution is 2.40. The van der Waals surface area contributed by atoms with Gasteiger partial charge in [-0.2, -0.15) is 4.31 Å². The molecule has 0 aromatic carbocycles. The number of aromatic nitrogens is 3. The Kier molecular flexibility index (Phi) is 4.55. The minimum absolute atomic E-state index is 0.0505. The Morgan fingerprint density at radius 1 is 1.33 bits per heavy atom. The van der Waals surface area contributed by atoms with E-state index in [1.807, 2.05) is 6.92 Å². The lowest BCUT2D eigenvalue weighted by molar-refractivity contribution is 0.0905. The number of carbonyl (C=O) groups is 1. The van der Waals surface area contributed by atoms with Gasteiger partial charge in [0.05, 0.1) is 6.33 Å². The van der Waals surface area contributed by atoms with Crippen LogP contribution in [0.5, 0.6) is 0 Å². The number of amides is 1. The van der Waals surface area contributed by atoms with Crippen molar-refractivity contribution in [2.75, 3.05) is 6.54 Å². The molecule has 0 bridgehead atoms. The Bertz CT molecular complexity index is 946. The highest BCUT2D eigenvalue weighted by Gasteiger charge is 2.36. The summed E-state index contributed by atoms with van der Waals surface area (Å²) in [7, 11) is -1.90. The van der Waals surface area contributed by atoms with E-state index in [4.69, 9.17) is 4.52 Å².